The zero-order valence-corrected chi connectivity index (χ0v) is 10.9. The third kappa shape index (κ3) is 1.97. The molecule has 1 aliphatic heterocycles. The summed E-state index contributed by atoms with van der Waals surface area (Å²) in [5, 5.41) is 28.3. The van der Waals surface area contributed by atoms with Gasteiger partial charge in [0.15, 0.2) is 5.52 Å². The highest BCUT2D eigenvalue weighted by Crippen LogP contribution is 2.33. The molecule has 1 fully saturated rings. The van der Waals surface area contributed by atoms with Crippen molar-refractivity contribution in [3.8, 4) is 0 Å². The van der Waals surface area contributed by atoms with E-state index in [1.165, 1.54) is 6.07 Å². The molecule has 3 rings (SSSR count). The van der Waals surface area contributed by atoms with Crippen molar-refractivity contribution in [3.05, 3.63) is 22.2 Å². The topological polar surface area (TPSA) is 106 Å². The number of hydrogen-bond donors (Lipinski definition) is 1. The van der Waals surface area contributed by atoms with E-state index in [0.717, 1.165) is 13.0 Å². The van der Waals surface area contributed by atoms with Crippen molar-refractivity contribution in [1.82, 2.24) is 10.3 Å². The predicted molar refractivity (Wildman–Crippen MR) is 70.5 cm³/mol. The van der Waals surface area contributed by atoms with Crippen LogP contribution in [0.5, 0.6) is 0 Å². The van der Waals surface area contributed by atoms with E-state index in [0.29, 0.717) is 17.7 Å². The second-order valence-electron chi connectivity index (χ2n) is 5.10. The van der Waals surface area contributed by atoms with E-state index in [-0.39, 0.29) is 17.1 Å². The van der Waals surface area contributed by atoms with Crippen LogP contribution in [0.3, 0.4) is 0 Å². The smallest absolute Gasteiger partial charge is 0.300 e. The molecule has 0 bridgehead atoms. The van der Waals surface area contributed by atoms with Crippen molar-refractivity contribution >= 4 is 22.4 Å². The molecule has 1 aromatic carbocycles. The van der Waals surface area contributed by atoms with Gasteiger partial charge in [0.2, 0.25) is 5.52 Å². The van der Waals surface area contributed by atoms with Crippen molar-refractivity contribution in [2.45, 2.75) is 19.4 Å². The first-order chi connectivity index (χ1) is 9.58. The van der Waals surface area contributed by atoms with Crippen LogP contribution in [-0.2, 0) is 0 Å². The van der Waals surface area contributed by atoms with Crippen molar-refractivity contribution in [1.29, 1.82) is 0 Å². The summed E-state index contributed by atoms with van der Waals surface area (Å²) in [7, 11) is 0. The number of non-ortho nitro benzene ring substituents is 1. The first kappa shape index (κ1) is 12.8. The average Bonchev–Trinajstić information content (AvgIpc) is 2.89. The van der Waals surface area contributed by atoms with Crippen LogP contribution in [0, 0.1) is 16.0 Å². The van der Waals surface area contributed by atoms with Gasteiger partial charge in [-0.25, -0.2) is 4.63 Å². The summed E-state index contributed by atoms with van der Waals surface area (Å²) in [5.41, 5.74) is 1.08. The van der Waals surface area contributed by atoms with Crippen LogP contribution in [-0.4, -0.2) is 39.5 Å². The largest absolute Gasteiger partial charge is 0.391 e. The van der Waals surface area contributed by atoms with Crippen LogP contribution >= 0.6 is 0 Å². The van der Waals surface area contributed by atoms with Crippen molar-refractivity contribution < 1.29 is 14.7 Å². The van der Waals surface area contributed by atoms with Crippen LogP contribution in [0.15, 0.2) is 16.8 Å². The molecule has 2 heterocycles. The van der Waals surface area contributed by atoms with Gasteiger partial charge in [-0.1, -0.05) is 6.92 Å². The molecule has 0 saturated carbocycles. The minimum absolute atomic E-state index is 0.129. The van der Waals surface area contributed by atoms with Gasteiger partial charge in [0.1, 0.15) is 0 Å². The van der Waals surface area contributed by atoms with Crippen molar-refractivity contribution in [2.24, 2.45) is 5.92 Å². The first-order valence-electron chi connectivity index (χ1n) is 6.40. The van der Waals surface area contributed by atoms with Crippen molar-refractivity contribution in [3.63, 3.8) is 0 Å². The summed E-state index contributed by atoms with van der Waals surface area (Å²) < 4.78 is 4.64. The van der Waals surface area contributed by atoms with Gasteiger partial charge < -0.3 is 10.0 Å². The molecule has 106 valence electrons. The number of aliphatic hydroxyl groups is 1. The lowest BCUT2D eigenvalue weighted by Gasteiger charge is -2.35. The Bertz CT molecular complexity index is 656. The van der Waals surface area contributed by atoms with Crippen LogP contribution in [0.2, 0.25) is 0 Å². The molecule has 1 saturated heterocycles. The summed E-state index contributed by atoms with van der Waals surface area (Å²) in [6.07, 6.45) is 0.430. The fraction of sp³-hybridized carbons (Fsp3) is 0.500. The van der Waals surface area contributed by atoms with Gasteiger partial charge in [0.05, 0.1) is 16.7 Å². The summed E-state index contributed by atoms with van der Waals surface area (Å²) >= 11 is 0. The highest BCUT2D eigenvalue weighted by atomic mass is 16.6. The number of fused-ring (bicyclic) bond motifs is 1. The second-order valence-corrected chi connectivity index (χ2v) is 5.10. The first-order valence-corrected chi connectivity index (χ1v) is 6.40. The van der Waals surface area contributed by atoms with Crippen LogP contribution < -0.4 is 4.90 Å². The van der Waals surface area contributed by atoms with Gasteiger partial charge in [-0.2, -0.15) is 0 Å². The van der Waals surface area contributed by atoms with E-state index >= 15 is 0 Å². The van der Waals surface area contributed by atoms with E-state index in [9.17, 15) is 15.2 Å². The predicted octanol–water partition coefficient (Wildman–Crippen LogP) is 1.34. The van der Waals surface area contributed by atoms with Gasteiger partial charge in [-0.3, -0.25) is 10.1 Å². The van der Waals surface area contributed by atoms with Gasteiger partial charge in [-0.05, 0) is 28.7 Å². The molecule has 0 spiro atoms. The summed E-state index contributed by atoms with van der Waals surface area (Å²) in [6, 6.07) is 3.03. The number of nitrogens with zero attached hydrogens (tertiary/aromatic N) is 4. The van der Waals surface area contributed by atoms with Crippen LogP contribution in [0.25, 0.3) is 11.0 Å². The molecule has 1 N–H and O–H groups in total. The monoisotopic (exact) mass is 278 g/mol. The Morgan fingerprint density at radius 2 is 2.20 bits per heavy atom. The summed E-state index contributed by atoms with van der Waals surface area (Å²) in [5.74, 6) is 0.246. The van der Waals surface area contributed by atoms with Crippen LogP contribution in [0.1, 0.15) is 13.3 Å². The van der Waals surface area contributed by atoms with Gasteiger partial charge in [-0.15, -0.1) is 0 Å². The fourth-order valence-corrected chi connectivity index (χ4v) is 2.51. The molecular formula is C12H14N4O4. The molecule has 2 aromatic rings. The van der Waals surface area contributed by atoms with E-state index < -0.39 is 11.0 Å². The number of hydrogen-bond acceptors (Lipinski definition) is 7. The molecule has 2 unspecified atom stereocenters. The number of benzene rings is 1. The van der Waals surface area contributed by atoms with E-state index in [1.807, 2.05) is 11.8 Å². The highest BCUT2D eigenvalue weighted by Gasteiger charge is 2.28. The maximum atomic E-state index is 10.9. The number of aliphatic hydroxyl groups excluding tert-OH is 1. The number of nitro benzene ring substituents is 1. The highest BCUT2D eigenvalue weighted by molar-refractivity contribution is 5.93. The minimum Gasteiger partial charge on any atom is -0.391 e. The molecule has 20 heavy (non-hydrogen) atoms. The van der Waals surface area contributed by atoms with Gasteiger partial charge in [0.25, 0.3) is 0 Å². The Hall–Kier alpha value is -2.22. The average molecular weight is 278 g/mol. The van der Waals surface area contributed by atoms with Gasteiger partial charge in [0, 0.05) is 19.2 Å². The molecule has 8 nitrogen and oxygen atoms in total. The number of β-amino-alcohol motifs (C(OH)–C–C–N with tert-alkyl or cyclic N) is 1. The molecule has 1 aromatic heterocycles. The number of aromatic nitrogens is 2. The zero-order chi connectivity index (χ0) is 14.3. The van der Waals surface area contributed by atoms with Crippen molar-refractivity contribution in [2.75, 3.05) is 18.0 Å². The third-order valence-corrected chi connectivity index (χ3v) is 3.83. The SMILES string of the molecule is CC1CCN(c2ccc([N+](=O)[O-])c3nonc23)CC1O. The number of piperidine rings is 1. The number of nitro groups is 1. The zero-order valence-electron chi connectivity index (χ0n) is 10.9. The standard InChI is InChI=1S/C12H14N4O4/c1-7-4-5-15(6-10(7)17)8-2-3-9(16(18)19)12-11(8)13-20-14-12/h2-3,7,10,17H,4-6H2,1H3. The Labute approximate surface area is 114 Å². The summed E-state index contributed by atoms with van der Waals surface area (Å²) in [4.78, 5) is 12.4. The van der Waals surface area contributed by atoms with E-state index in [4.69, 9.17) is 0 Å². The molecule has 0 amide bonds. The Balaban J connectivity index is 2.03. The lowest BCUT2D eigenvalue weighted by atomic mass is 9.95. The normalized spacial score (nSPS) is 23.2. The Kier molecular flexibility index (Phi) is 3.01. The lowest BCUT2D eigenvalue weighted by Crippen LogP contribution is -2.43. The lowest BCUT2D eigenvalue weighted by molar-refractivity contribution is -0.383. The van der Waals surface area contributed by atoms with Crippen LogP contribution in [0.4, 0.5) is 11.4 Å². The second kappa shape index (κ2) is 4.71. The van der Waals surface area contributed by atoms with E-state index in [2.05, 4.69) is 14.9 Å². The fourth-order valence-electron chi connectivity index (χ4n) is 2.51. The summed E-state index contributed by atoms with van der Waals surface area (Å²) in [6.45, 7) is 3.24. The Morgan fingerprint density at radius 3 is 2.90 bits per heavy atom. The third-order valence-electron chi connectivity index (χ3n) is 3.83. The molecule has 2 atom stereocenters. The molecule has 8 heteroatoms. The molecular weight excluding hydrogens is 264 g/mol. The number of anilines is 1. The number of rotatable bonds is 2. The quantitative estimate of drug-likeness (QED) is 0.652. The molecule has 1 aliphatic rings. The Morgan fingerprint density at radius 1 is 1.45 bits per heavy atom. The maximum absolute atomic E-state index is 10.9. The van der Waals surface area contributed by atoms with Gasteiger partial charge >= 0.3 is 5.69 Å². The maximum Gasteiger partial charge on any atom is 0.300 e. The molecule has 0 radical (unpaired) electrons. The van der Waals surface area contributed by atoms with E-state index in [1.54, 1.807) is 6.07 Å². The minimum atomic E-state index is -0.510. The molecule has 0 aliphatic carbocycles.